The van der Waals surface area contributed by atoms with Crippen molar-refractivity contribution in [2.75, 3.05) is 25.0 Å². The fourth-order valence-electron chi connectivity index (χ4n) is 3.16. The molecule has 0 bridgehead atoms. The number of hydrogen-bond acceptors (Lipinski definition) is 5. The molecular formula is C23H32N2O5. The van der Waals surface area contributed by atoms with Crippen molar-refractivity contribution in [2.45, 2.75) is 47.5 Å². The summed E-state index contributed by atoms with van der Waals surface area (Å²) in [5.41, 5.74) is 0.585. The van der Waals surface area contributed by atoms with Crippen LogP contribution < -0.4 is 5.32 Å². The maximum atomic E-state index is 12.3. The number of hydrogen-bond donors (Lipinski definition) is 1. The summed E-state index contributed by atoms with van der Waals surface area (Å²) in [6.07, 6.45) is 1.08. The monoisotopic (exact) mass is 416 g/mol. The number of carbonyl (C=O) groups excluding carboxylic acids is 4. The van der Waals surface area contributed by atoms with Crippen molar-refractivity contribution < 1.29 is 23.9 Å². The van der Waals surface area contributed by atoms with Crippen molar-refractivity contribution in [1.82, 2.24) is 4.90 Å². The Kier molecular flexibility index (Phi) is 7.76. The first-order chi connectivity index (χ1) is 14.0. The van der Waals surface area contributed by atoms with Gasteiger partial charge in [0.1, 0.15) is 0 Å². The van der Waals surface area contributed by atoms with Crippen molar-refractivity contribution in [3.05, 3.63) is 29.8 Å². The highest BCUT2D eigenvalue weighted by molar-refractivity contribution is 5.99. The third kappa shape index (κ3) is 6.40. The Morgan fingerprint density at radius 3 is 2.13 bits per heavy atom. The Bertz CT molecular complexity index is 785. The van der Waals surface area contributed by atoms with Crippen LogP contribution >= 0.6 is 0 Å². The molecule has 0 radical (unpaired) electrons. The fourth-order valence-corrected chi connectivity index (χ4v) is 3.16. The zero-order valence-electron chi connectivity index (χ0n) is 18.5. The molecule has 7 nitrogen and oxygen atoms in total. The van der Waals surface area contributed by atoms with Gasteiger partial charge < -0.3 is 15.0 Å². The molecule has 1 N–H and O–H groups in total. The van der Waals surface area contributed by atoms with Crippen LogP contribution in [0.5, 0.6) is 0 Å². The van der Waals surface area contributed by atoms with Crippen molar-refractivity contribution in [3.8, 4) is 0 Å². The molecule has 0 atom stereocenters. The maximum Gasteiger partial charge on any atom is 0.309 e. The third-order valence-electron chi connectivity index (χ3n) is 5.10. The second-order valence-corrected chi connectivity index (χ2v) is 9.07. The van der Waals surface area contributed by atoms with E-state index in [-0.39, 0.29) is 36.0 Å². The van der Waals surface area contributed by atoms with Gasteiger partial charge in [-0.15, -0.1) is 0 Å². The highest BCUT2D eigenvalue weighted by atomic mass is 16.5. The van der Waals surface area contributed by atoms with E-state index in [0.29, 0.717) is 37.2 Å². The molecule has 1 aromatic carbocycles. The molecule has 1 aliphatic rings. The molecule has 1 aromatic rings. The number of nitrogens with one attached hydrogen (secondary N) is 1. The molecule has 1 heterocycles. The second-order valence-electron chi connectivity index (χ2n) is 9.07. The van der Waals surface area contributed by atoms with Gasteiger partial charge in [0, 0.05) is 35.7 Å². The zero-order valence-corrected chi connectivity index (χ0v) is 18.5. The first-order valence-electron chi connectivity index (χ1n) is 10.4. The molecule has 1 fully saturated rings. The number of rotatable bonds is 6. The van der Waals surface area contributed by atoms with Gasteiger partial charge in [-0.25, -0.2) is 0 Å². The van der Waals surface area contributed by atoms with Crippen molar-refractivity contribution in [3.63, 3.8) is 0 Å². The summed E-state index contributed by atoms with van der Waals surface area (Å²) >= 11 is 0. The Morgan fingerprint density at radius 2 is 1.63 bits per heavy atom. The Balaban J connectivity index is 1.80. The predicted octanol–water partition coefficient (Wildman–Crippen LogP) is 3.29. The van der Waals surface area contributed by atoms with Gasteiger partial charge in [0.05, 0.1) is 5.92 Å². The van der Waals surface area contributed by atoms with E-state index in [1.807, 2.05) is 20.8 Å². The Hall–Kier alpha value is -2.70. The predicted molar refractivity (Wildman–Crippen MR) is 114 cm³/mol. The summed E-state index contributed by atoms with van der Waals surface area (Å²) < 4.78 is 5.23. The van der Waals surface area contributed by atoms with Crippen LogP contribution in [0.2, 0.25) is 0 Å². The number of nitrogens with zero attached hydrogens (tertiary/aromatic N) is 1. The normalized spacial score (nSPS) is 15.1. The number of anilines is 1. The molecule has 2 rings (SSSR count). The number of ether oxygens (including phenoxy) is 1. The molecule has 0 spiro atoms. The standard InChI is InChI=1S/C23H32N2O5/c1-15(2)20(27)24-18-8-6-16(7-9-18)19(26)14-30-21(28)17-10-12-25(13-11-17)22(29)23(3,4)5/h6-9,15,17H,10-14H2,1-5H3,(H,24,27). The molecule has 0 unspecified atom stereocenters. The van der Waals surface area contributed by atoms with E-state index >= 15 is 0 Å². The number of likely N-dealkylation sites (tertiary alicyclic amines) is 1. The largest absolute Gasteiger partial charge is 0.457 e. The van der Waals surface area contributed by atoms with Crippen LogP contribution in [-0.2, 0) is 19.1 Å². The van der Waals surface area contributed by atoms with Crippen molar-refractivity contribution >= 4 is 29.3 Å². The summed E-state index contributed by atoms with van der Waals surface area (Å²) in [5.74, 6) is -1.15. The van der Waals surface area contributed by atoms with Gasteiger partial charge in [-0.05, 0) is 37.1 Å². The smallest absolute Gasteiger partial charge is 0.309 e. The van der Waals surface area contributed by atoms with E-state index in [1.165, 1.54) is 0 Å². The Morgan fingerprint density at radius 1 is 1.07 bits per heavy atom. The average molecular weight is 417 g/mol. The summed E-state index contributed by atoms with van der Waals surface area (Å²) in [4.78, 5) is 50.4. The van der Waals surface area contributed by atoms with E-state index in [0.717, 1.165) is 0 Å². The van der Waals surface area contributed by atoms with Gasteiger partial charge in [0.15, 0.2) is 12.4 Å². The quantitative estimate of drug-likeness (QED) is 0.567. The zero-order chi connectivity index (χ0) is 22.5. The van der Waals surface area contributed by atoms with E-state index in [1.54, 1.807) is 43.0 Å². The van der Waals surface area contributed by atoms with Gasteiger partial charge in [-0.3, -0.25) is 19.2 Å². The first kappa shape index (κ1) is 23.6. The molecule has 164 valence electrons. The average Bonchev–Trinajstić information content (AvgIpc) is 2.71. The lowest BCUT2D eigenvalue weighted by Crippen LogP contribution is -2.45. The minimum atomic E-state index is -0.438. The maximum absolute atomic E-state index is 12.3. The number of ketones is 1. The molecule has 0 aliphatic carbocycles. The molecule has 0 aromatic heterocycles. The number of esters is 1. The number of carbonyl (C=O) groups is 4. The first-order valence-corrected chi connectivity index (χ1v) is 10.4. The summed E-state index contributed by atoms with van der Waals surface area (Å²) in [6.45, 7) is 9.96. The fraction of sp³-hybridized carbons (Fsp3) is 0.565. The van der Waals surface area contributed by atoms with Crippen LogP contribution in [0.4, 0.5) is 5.69 Å². The summed E-state index contributed by atoms with van der Waals surface area (Å²) in [6, 6.07) is 6.50. The number of piperidine rings is 1. The highest BCUT2D eigenvalue weighted by Gasteiger charge is 2.33. The van der Waals surface area contributed by atoms with E-state index in [4.69, 9.17) is 4.74 Å². The summed E-state index contributed by atoms with van der Waals surface area (Å²) in [7, 11) is 0. The molecule has 30 heavy (non-hydrogen) atoms. The van der Waals surface area contributed by atoms with Crippen LogP contribution in [-0.4, -0.2) is 48.2 Å². The molecule has 1 aliphatic heterocycles. The third-order valence-corrected chi connectivity index (χ3v) is 5.10. The van der Waals surface area contributed by atoms with Gasteiger partial charge in [-0.2, -0.15) is 0 Å². The van der Waals surface area contributed by atoms with Crippen LogP contribution in [0.25, 0.3) is 0 Å². The van der Waals surface area contributed by atoms with Crippen LogP contribution in [0.15, 0.2) is 24.3 Å². The molecule has 0 saturated carbocycles. The highest BCUT2D eigenvalue weighted by Crippen LogP contribution is 2.24. The number of amides is 2. The van der Waals surface area contributed by atoms with E-state index in [9.17, 15) is 19.2 Å². The summed E-state index contributed by atoms with van der Waals surface area (Å²) in [5, 5.41) is 2.76. The Labute approximate surface area is 178 Å². The lowest BCUT2D eigenvalue weighted by atomic mass is 9.91. The van der Waals surface area contributed by atoms with Gasteiger partial charge in [0.2, 0.25) is 11.8 Å². The van der Waals surface area contributed by atoms with Gasteiger partial charge >= 0.3 is 5.97 Å². The second kappa shape index (κ2) is 9.87. The van der Waals surface area contributed by atoms with Crippen molar-refractivity contribution in [2.24, 2.45) is 17.3 Å². The van der Waals surface area contributed by atoms with Gasteiger partial charge in [-0.1, -0.05) is 34.6 Å². The molecule has 1 saturated heterocycles. The van der Waals surface area contributed by atoms with E-state index < -0.39 is 11.4 Å². The van der Waals surface area contributed by atoms with Crippen molar-refractivity contribution in [1.29, 1.82) is 0 Å². The SMILES string of the molecule is CC(C)C(=O)Nc1ccc(C(=O)COC(=O)C2CCN(C(=O)C(C)(C)C)CC2)cc1. The lowest BCUT2D eigenvalue weighted by molar-refractivity contribution is -0.152. The van der Waals surface area contributed by atoms with Crippen LogP contribution in [0.3, 0.4) is 0 Å². The topological polar surface area (TPSA) is 92.8 Å². The number of benzene rings is 1. The van der Waals surface area contributed by atoms with Crippen LogP contribution in [0, 0.1) is 17.3 Å². The van der Waals surface area contributed by atoms with E-state index in [2.05, 4.69) is 5.32 Å². The molecule has 7 heteroatoms. The van der Waals surface area contributed by atoms with Crippen LogP contribution in [0.1, 0.15) is 57.8 Å². The minimum Gasteiger partial charge on any atom is -0.457 e. The number of Topliss-reactive ketones (excluding diaryl/α,β-unsaturated/α-hetero) is 1. The molecular weight excluding hydrogens is 384 g/mol. The lowest BCUT2D eigenvalue weighted by Gasteiger charge is -2.34. The molecule has 2 amide bonds. The minimum absolute atomic E-state index is 0.0810. The van der Waals surface area contributed by atoms with Gasteiger partial charge in [0.25, 0.3) is 0 Å².